The zero-order chi connectivity index (χ0) is 13.1. The molecule has 1 aromatic rings. The van der Waals surface area contributed by atoms with Gasteiger partial charge in [0, 0.05) is 19.6 Å². The summed E-state index contributed by atoms with van der Waals surface area (Å²) in [4.78, 5) is 0. The smallest absolute Gasteiger partial charge is 0.216 e. The highest BCUT2D eigenvalue weighted by atomic mass is 16.5. The quantitative estimate of drug-likeness (QED) is 0.893. The first-order valence-electron chi connectivity index (χ1n) is 6.93. The molecule has 1 heterocycles. The molecule has 0 amide bonds. The molecule has 0 saturated heterocycles. The minimum absolute atomic E-state index is 0.642. The highest BCUT2D eigenvalue weighted by molar-refractivity contribution is 5.30. The van der Waals surface area contributed by atoms with Crippen LogP contribution in [0.1, 0.15) is 43.9 Å². The third-order valence-corrected chi connectivity index (χ3v) is 4.13. The molecule has 0 bridgehead atoms. The van der Waals surface area contributed by atoms with Gasteiger partial charge in [-0.1, -0.05) is 19.8 Å². The first-order chi connectivity index (χ1) is 8.63. The standard InChI is InChI=1S/C14H25N3O/c1-10-7-5-6-8-13(10)15-9-12-11(2)16-17(3)14(12)18-4/h10,13,15H,5-9H2,1-4H3/t10-,13+/m1/s1. The minimum atomic E-state index is 0.642. The van der Waals surface area contributed by atoms with Crippen molar-refractivity contribution in [2.24, 2.45) is 13.0 Å². The van der Waals surface area contributed by atoms with Crippen molar-refractivity contribution in [3.8, 4) is 5.88 Å². The SMILES string of the molecule is COc1c(CN[C@H]2CCCC[C@H]2C)c(C)nn1C. The number of methoxy groups -OCH3 is 1. The lowest BCUT2D eigenvalue weighted by molar-refractivity contribution is 0.277. The molecule has 1 aliphatic carbocycles. The van der Waals surface area contributed by atoms with Gasteiger partial charge in [-0.15, -0.1) is 0 Å². The number of rotatable bonds is 4. The molecule has 2 atom stereocenters. The van der Waals surface area contributed by atoms with E-state index in [0.717, 1.165) is 24.0 Å². The fourth-order valence-electron chi connectivity index (χ4n) is 2.99. The molecule has 4 nitrogen and oxygen atoms in total. The summed E-state index contributed by atoms with van der Waals surface area (Å²) in [6.07, 6.45) is 5.38. The molecule has 18 heavy (non-hydrogen) atoms. The average molecular weight is 251 g/mol. The van der Waals surface area contributed by atoms with Crippen LogP contribution in [0.25, 0.3) is 0 Å². The van der Waals surface area contributed by atoms with E-state index in [-0.39, 0.29) is 0 Å². The van der Waals surface area contributed by atoms with Gasteiger partial charge in [-0.2, -0.15) is 5.10 Å². The van der Waals surface area contributed by atoms with Crippen molar-refractivity contribution >= 4 is 0 Å². The van der Waals surface area contributed by atoms with Crippen molar-refractivity contribution in [1.82, 2.24) is 15.1 Å². The zero-order valence-electron chi connectivity index (χ0n) is 12.0. The van der Waals surface area contributed by atoms with Crippen molar-refractivity contribution in [1.29, 1.82) is 0 Å². The summed E-state index contributed by atoms with van der Waals surface area (Å²) >= 11 is 0. The number of aromatic nitrogens is 2. The van der Waals surface area contributed by atoms with Crippen LogP contribution in [0.2, 0.25) is 0 Å². The molecule has 1 fully saturated rings. The Labute approximate surface area is 110 Å². The Morgan fingerprint density at radius 1 is 1.39 bits per heavy atom. The Balaban J connectivity index is 2.01. The van der Waals surface area contributed by atoms with Gasteiger partial charge in [-0.25, -0.2) is 4.68 Å². The third kappa shape index (κ3) is 2.69. The lowest BCUT2D eigenvalue weighted by atomic mass is 9.86. The summed E-state index contributed by atoms with van der Waals surface area (Å²) in [6.45, 7) is 5.26. The third-order valence-electron chi connectivity index (χ3n) is 4.13. The normalized spacial score (nSPS) is 24.2. The molecule has 1 aromatic heterocycles. The number of ether oxygens (including phenoxy) is 1. The number of hydrogen-bond donors (Lipinski definition) is 1. The Hall–Kier alpha value is -1.03. The van der Waals surface area contributed by atoms with Crippen LogP contribution in [0.5, 0.6) is 5.88 Å². The maximum atomic E-state index is 5.42. The predicted octanol–water partition coefficient (Wildman–Crippen LogP) is 2.41. The van der Waals surface area contributed by atoms with Crippen molar-refractivity contribution in [3.63, 3.8) is 0 Å². The Morgan fingerprint density at radius 2 is 2.11 bits per heavy atom. The van der Waals surface area contributed by atoms with Crippen LogP contribution in [-0.2, 0) is 13.6 Å². The van der Waals surface area contributed by atoms with E-state index in [1.807, 2.05) is 18.7 Å². The molecule has 1 aliphatic rings. The van der Waals surface area contributed by atoms with Gasteiger partial charge >= 0.3 is 0 Å². The van der Waals surface area contributed by atoms with E-state index in [1.54, 1.807) is 7.11 Å². The summed E-state index contributed by atoms with van der Waals surface area (Å²) < 4.78 is 7.24. The summed E-state index contributed by atoms with van der Waals surface area (Å²) in [5, 5.41) is 8.10. The van der Waals surface area contributed by atoms with Gasteiger partial charge in [-0.3, -0.25) is 0 Å². The van der Waals surface area contributed by atoms with Crippen LogP contribution in [0.3, 0.4) is 0 Å². The van der Waals surface area contributed by atoms with Gasteiger partial charge in [0.25, 0.3) is 0 Å². The predicted molar refractivity (Wildman–Crippen MR) is 72.8 cm³/mol. The summed E-state index contributed by atoms with van der Waals surface area (Å²) in [5.74, 6) is 1.66. The van der Waals surface area contributed by atoms with Crippen molar-refractivity contribution in [3.05, 3.63) is 11.3 Å². The second kappa shape index (κ2) is 5.74. The lowest BCUT2D eigenvalue weighted by Crippen LogP contribution is -2.36. The van der Waals surface area contributed by atoms with E-state index in [1.165, 1.54) is 31.2 Å². The Bertz CT molecular complexity index is 400. The molecule has 0 aromatic carbocycles. The van der Waals surface area contributed by atoms with Crippen LogP contribution in [-0.4, -0.2) is 22.9 Å². The molecular weight excluding hydrogens is 226 g/mol. The second-order valence-corrected chi connectivity index (χ2v) is 5.45. The fourth-order valence-corrected chi connectivity index (χ4v) is 2.99. The maximum Gasteiger partial charge on any atom is 0.216 e. The Morgan fingerprint density at radius 3 is 2.78 bits per heavy atom. The number of aryl methyl sites for hydroxylation is 2. The molecule has 1 N–H and O–H groups in total. The van der Waals surface area contributed by atoms with Crippen LogP contribution >= 0.6 is 0 Å². The largest absolute Gasteiger partial charge is 0.481 e. The number of nitrogens with one attached hydrogen (secondary N) is 1. The molecule has 0 unspecified atom stereocenters. The molecule has 4 heteroatoms. The van der Waals surface area contributed by atoms with Gasteiger partial charge in [0.15, 0.2) is 0 Å². The van der Waals surface area contributed by atoms with Crippen molar-refractivity contribution in [2.75, 3.05) is 7.11 Å². The van der Waals surface area contributed by atoms with Crippen molar-refractivity contribution in [2.45, 2.75) is 52.1 Å². The van der Waals surface area contributed by atoms with E-state index in [0.29, 0.717) is 6.04 Å². The minimum Gasteiger partial charge on any atom is -0.481 e. The maximum absolute atomic E-state index is 5.42. The van der Waals surface area contributed by atoms with E-state index in [2.05, 4.69) is 17.3 Å². The van der Waals surface area contributed by atoms with Crippen LogP contribution < -0.4 is 10.1 Å². The monoisotopic (exact) mass is 251 g/mol. The first-order valence-corrected chi connectivity index (χ1v) is 6.93. The van der Waals surface area contributed by atoms with E-state index < -0.39 is 0 Å². The number of nitrogens with zero attached hydrogens (tertiary/aromatic N) is 2. The molecule has 0 radical (unpaired) electrons. The summed E-state index contributed by atoms with van der Waals surface area (Å²) in [6, 6.07) is 0.642. The Kier molecular flexibility index (Phi) is 4.27. The molecule has 1 saturated carbocycles. The van der Waals surface area contributed by atoms with E-state index in [4.69, 9.17) is 4.74 Å². The van der Waals surface area contributed by atoms with Crippen LogP contribution in [0, 0.1) is 12.8 Å². The fraction of sp³-hybridized carbons (Fsp3) is 0.786. The average Bonchev–Trinajstić information content (AvgIpc) is 2.62. The first kappa shape index (κ1) is 13.4. The van der Waals surface area contributed by atoms with Crippen molar-refractivity contribution < 1.29 is 4.74 Å². The summed E-state index contributed by atoms with van der Waals surface area (Å²) in [5.41, 5.74) is 2.25. The lowest BCUT2D eigenvalue weighted by Gasteiger charge is -2.29. The van der Waals surface area contributed by atoms with Gasteiger partial charge in [0.05, 0.1) is 18.4 Å². The molecular formula is C14H25N3O. The van der Waals surface area contributed by atoms with E-state index >= 15 is 0 Å². The second-order valence-electron chi connectivity index (χ2n) is 5.45. The number of hydrogen-bond acceptors (Lipinski definition) is 3. The molecule has 102 valence electrons. The highest BCUT2D eigenvalue weighted by Crippen LogP contribution is 2.25. The van der Waals surface area contributed by atoms with Gasteiger partial charge in [0.1, 0.15) is 0 Å². The van der Waals surface area contributed by atoms with Crippen LogP contribution in [0.4, 0.5) is 0 Å². The summed E-state index contributed by atoms with van der Waals surface area (Å²) in [7, 11) is 3.64. The van der Waals surface area contributed by atoms with Gasteiger partial charge in [-0.05, 0) is 25.7 Å². The molecule has 2 rings (SSSR count). The topological polar surface area (TPSA) is 39.1 Å². The van der Waals surface area contributed by atoms with Crippen LogP contribution in [0.15, 0.2) is 0 Å². The molecule has 0 aliphatic heterocycles. The van der Waals surface area contributed by atoms with Gasteiger partial charge in [0.2, 0.25) is 5.88 Å². The van der Waals surface area contributed by atoms with E-state index in [9.17, 15) is 0 Å². The zero-order valence-corrected chi connectivity index (χ0v) is 12.0. The van der Waals surface area contributed by atoms with Gasteiger partial charge < -0.3 is 10.1 Å². The molecule has 0 spiro atoms. The highest BCUT2D eigenvalue weighted by Gasteiger charge is 2.22.